The Balaban J connectivity index is 1.62. The standard InChI is InChI=1S/C22H25BrN6O4S2/c1-15(30)24-12-13-25-21-20(23)14-26-22(28-21)27-16-4-8-18(9-5-16)34(3)29-35(31,32)19-10-6-17(33-2)7-11-19/h4-11,14,29H,3,12-13H2,1-2H3,(H,24,30)(H2,25,26,27,28). The minimum absolute atomic E-state index is 0.0991. The summed E-state index contributed by atoms with van der Waals surface area (Å²) in [5.41, 5.74) is 0.718. The number of methoxy groups -OCH3 is 1. The number of aromatic nitrogens is 2. The molecule has 0 saturated heterocycles. The van der Waals surface area contributed by atoms with E-state index >= 15 is 0 Å². The van der Waals surface area contributed by atoms with Crippen LogP contribution in [0.2, 0.25) is 0 Å². The lowest BCUT2D eigenvalue weighted by atomic mass is 10.3. The zero-order valence-corrected chi connectivity index (χ0v) is 22.3. The van der Waals surface area contributed by atoms with Gasteiger partial charge in [0.15, 0.2) is 0 Å². The Morgan fingerprint density at radius 1 is 1.11 bits per heavy atom. The van der Waals surface area contributed by atoms with Gasteiger partial charge in [-0.05, 0) is 64.5 Å². The van der Waals surface area contributed by atoms with Crippen LogP contribution in [0.1, 0.15) is 6.92 Å². The summed E-state index contributed by atoms with van der Waals surface area (Å²) in [5, 5.41) is 8.94. The molecular weight excluding hydrogens is 556 g/mol. The van der Waals surface area contributed by atoms with Crippen molar-refractivity contribution >= 4 is 65.9 Å². The molecule has 3 aromatic rings. The number of ether oxygens (including phenoxy) is 1. The van der Waals surface area contributed by atoms with Gasteiger partial charge in [0.2, 0.25) is 21.9 Å². The lowest BCUT2D eigenvalue weighted by Gasteiger charge is -2.13. The molecule has 0 radical (unpaired) electrons. The van der Waals surface area contributed by atoms with Gasteiger partial charge in [0.25, 0.3) is 0 Å². The molecule has 1 amide bonds. The normalized spacial score (nSPS) is 12.0. The van der Waals surface area contributed by atoms with Crippen LogP contribution in [0.4, 0.5) is 17.5 Å². The van der Waals surface area contributed by atoms with E-state index in [-0.39, 0.29) is 10.8 Å². The molecule has 0 aliphatic heterocycles. The zero-order chi connectivity index (χ0) is 25.4. The summed E-state index contributed by atoms with van der Waals surface area (Å²) in [6.07, 6.45) is 1.62. The SMILES string of the molecule is C=S(NS(=O)(=O)c1ccc(OC)cc1)c1ccc(Nc2ncc(Br)c(NCCNC(C)=O)n2)cc1. The largest absolute Gasteiger partial charge is 0.497 e. The highest BCUT2D eigenvalue weighted by molar-refractivity contribution is 9.10. The van der Waals surface area contributed by atoms with Crippen molar-refractivity contribution in [2.24, 2.45) is 0 Å². The molecule has 1 unspecified atom stereocenters. The Labute approximate surface area is 215 Å². The summed E-state index contributed by atoms with van der Waals surface area (Å²) in [7, 11) is -3.23. The summed E-state index contributed by atoms with van der Waals surface area (Å²) >= 11 is 3.40. The first-order valence-corrected chi connectivity index (χ1v) is 13.9. The molecule has 2 aromatic carbocycles. The molecule has 1 atom stereocenters. The molecule has 13 heteroatoms. The lowest BCUT2D eigenvalue weighted by molar-refractivity contribution is -0.118. The second-order valence-corrected chi connectivity index (χ2v) is 11.4. The van der Waals surface area contributed by atoms with E-state index in [0.29, 0.717) is 40.0 Å². The highest BCUT2D eigenvalue weighted by Crippen LogP contribution is 2.27. The van der Waals surface area contributed by atoms with Gasteiger partial charge < -0.3 is 20.7 Å². The Morgan fingerprint density at radius 2 is 1.80 bits per heavy atom. The molecule has 0 spiro atoms. The van der Waals surface area contributed by atoms with E-state index in [1.807, 2.05) is 0 Å². The summed E-state index contributed by atoms with van der Waals surface area (Å²) in [4.78, 5) is 20.5. The molecule has 0 bridgehead atoms. The monoisotopic (exact) mass is 580 g/mol. The number of anilines is 3. The van der Waals surface area contributed by atoms with Crippen LogP contribution in [0.3, 0.4) is 0 Å². The molecular formula is C22H25BrN6O4S2. The van der Waals surface area contributed by atoms with E-state index in [0.717, 1.165) is 5.69 Å². The second kappa shape index (κ2) is 12.1. The Kier molecular flexibility index (Phi) is 9.20. The first-order chi connectivity index (χ1) is 16.7. The van der Waals surface area contributed by atoms with Crippen LogP contribution in [0.25, 0.3) is 0 Å². The number of sulfonamides is 1. The number of hydrogen-bond donors (Lipinski definition) is 4. The quantitative estimate of drug-likeness (QED) is 0.200. The van der Waals surface area contributed by atoms with E-state index in [4.69, 9.17) is 4.74 Å². The number of nitrogens with one attached hydrogen (secondary N) is 4. The molecule has 0 aliphatic rings. The summed E-state index contributed by atoms with van der Waals surface area (Å²) in [6.45, 7) is 2.42. The van der Waals surface area contributed by atoms with Crippen LogP contribution >= 0.6 is 26.6 Å². The molecule has 3 rings (SSSR count). The van der Waals surface area contributed by atoms with Crippen molar-refractivity contribution in [1.29, 1.82) is 0 Å². The molecule has 10 nitrogen and oxygen atoms in total. The van der Waals surface area contributed by atoms with Crippen molar-refractivity contribution in [3.8, 4) is 5.75 Å². The number of rotatable bonds is 11. The van der Waals surface area contributed by atoms with Gasteiger partial charge >= 0.3 is 0 Å². The van der Waals surface area contributed by atoms with Gasteiger partial charge in [-0.25, -0.2) is 13.4 Å². The van der Waals surface area contributed by atoms with Gasteiger partial charge in [0.05, 0.1) is 16.5 Å². The minimum Gasteiger partial charge on any atom is -0.497 e. The zero-order valence-electron chi connectivity index (χ0n) is 19.0. The maximum absolute atomic E-state index is 12.7. The van der Waals surface area contributed by atoms with Crippen molar-refractivity contribution < 1.29 is 17.9 Å². The van der Waals surface area contributed by atoms with E-state index in [1.165, 1.54) is 26.2 Å². The number of benzene rings is 2. The average molecular weight is 582 g/mol. The first-order valence-electron chi connectivity index (χ1n) is 10.3. The number of halogens is 1. The topological polar surface area (TPSA) is 134 Å². The predicted molar refractivity (Wildman–Crippen MR) is 143 cm³/mol. The van der Waals surface area contributed by atoms with Crippen molar-refractivity contribution in [2.45, 2.75) is 16.7 Å². The van der Waals surface area contributed by atoms with Crippen molar-refractivity contribution in [3.05, 3.63) is 59.2 Å². The maximum atomic E-state index is 12.7. The first kappa shape index (κ1) is 26.6. The molecule has 1 aromatic heterocycles. The van der Waals surface area contributed by atoms with E-state index in [2.05, 4.69) is 51.8 Å². The fourth-order valence-corrected chi connectivity index (χ4v) is 5.91. The smallest absolute Gasteiger partial charge is 0.249 e. The van der Waals surface area contributed by atoms with Crippen molar-refractivity contribution in [1.82, 2.24) is 19.4 Å². The highest BCUT2D eigenvalue weighted by atomic mass is 79.9. The van der Waals surface area contributed by atoms with Crippen LogP contribution < -0.4 is 24.8 Å². The van der Waals surface area contributed by atoms with E-state index in [1.54, 1.807) is 42.6 Å². The Morgan fingerprint density at radius 3 is 2.43 bits per heavy atom. The molecule has 1 heterocycles. The van der Waals surface area contributed by atoms with Crippen LogP contribution in [0.5, 0.6) is 5.75 Å². The summed E-state index contributed by atoms with van der Waals surface area (Å²) < 4.78 is 33.7. The van der Waals surface area contributed by atoms with Crippen LogP contribution in [0, 0.1) is 0 Å². The molecule has 35 heavy (non-hydrogen) atoms. The van der Waals surface area contributed by atoms with Crippen molar-refractivity contribution in [2.75, 3.05) is 30.8 Å². The summed E-state index contributed by atoms with van der Waals surface area (Å²) in [6, 6.07) is 13.3. The van der Waals surface area contributed by atoms with Gasteiger partial charge in [0.1, 0.15) is 11.6 Å². The van der Waals surface area contributed by atoms with Crippen LogP contribution in [0.15, 0.2) is 69.0 Å². The van der Waals surface area contributed by atoms with E-state index < -0.39 is 20.7 Å². The second-order valence-electron chi connectivity index (χ2n) is 7.10. The molecule has 0 saturated carbocycles. The Hall–Kier alpha value is -3.00. The summed E-state index contributed by atoms with van der Waals surface area (Å²) in [5.74, 6) is 5.39. The fraction of sp³-hybridized carbons (Fsp3) is 0.182. The van der Waals surface area contributed by atoms with Crippen molar-refractivity contribution in [3.63, 3.8) is 0 Å². The van der Waals surface area contributed by atoms with Crippen LogP contribution in [-0.2, 0) is 14.8 Å². The number of amides is 1. The third-order valence-electron chi connectivity index (χ3n) is 4.51. The molecule has 4 N–H and O–H groups in total. The predicted octanol–water partition coefficient (Wildman–Crippen LogP) is 3.49. The third kappa shape index (κ3) is 7.75. The van der Waals surface area contributed by atoms with Gasteiger partial charge in [0, 0.05) is 36.8 Å². The average Bonchev–Trinajstić information content (AvgIpc) is 2.83. The number of carbonyl (C=O) groups excluding carboxylic acids is 1. The van der Waals surface area contributed by atoms with Gasteiger partial charge in [-0.2, -0.15) is 9.11 Å². The lowest BCUT2D eigenvalue weighted by Crippen LogP contribution is -2.26. The molecule has 0 aliphatic carbocycles. The molecule has 186 valence electrons. The highest BCUT2D eigenvalue weighted by Gasteiger charge is 2.15. The van der Waals surface area contributed by atoms with Gasteiger partial charge in [-0.15, -0.1) is 0 Å². The maximum Gasteiger partial charge on any atom is 0.249 e. The van der Waals surface area contributed by atoms with Gasteiger partial charge in [-0.1, -0.05) is 16.5 Å². The number of carbonyl (C=O) groups is 1. The minimum atomic E-state index is -3.74. The Bertz CT molecular complexity index is 1300. The fourth-order valence-electron chi connectivity index (χ4n) is 2.79. The van der Waals surface area contributed by atoms with Gasteiger partial charge in [-0.3, -0.25) is 4.79 Å². The number of nitrogens with zero attached hydrogens (tertiary/aromatic N) is 2. The van der Waals surface area contributed by atoms with E-state index in [9.17, 15) is 13.2 Å². The molecule has 0 fully saturated rings. The van der Waals surface area contributed by atoms with Crippen LogP contribution in [-0.4, -0.2) is 50.4 Å². The number of hydrogen-bond acceptors (Lipinski definition) is 8. The third-order valence-corrected chi connectivity index (χ3v) is 8.51.